The summed E-state index contributed by atoms with van der Waals surface area (Å²) in [7, 11) is 0. The first-order valence-electron chi connectivity index (χ1n) is 20.1. The van der Waals surface area contributed by atoms with Gasteiger partial charge in [0.05, 0.1) is 11.1 Å². The molecule has 1 spiro atoms. The molecule has 3 nitrogen and oxygen atoms in total. The third-order valence-corrected chi connectivity index (χ3v) is 12.6. The fourth-order valence-corrected chi connectivity index (χ4v) is 10.1. The summed E-state index contributed by atoms with van der Waals surface area (Å²) in [4.78, 5) is 2.29. The Morgan fingerprint density at radius 3 is 1.57 bits per heavy atom. The predicted octanol–water partition coefficient (Wildman–Crippen LogP) is 14.4. The van der Waals surface area contributed by atoms with Gasteiger partial charge in [0.25, 0.3) is 0 Å². The molecule has 0 fully saturated rings. The third kappa shape index (κ3) is 4.74. The highest BCUT2D eigenvalue weighted by molar-refractivity contribution is 5.98. The van der Waals surface area contributed by atoms with Crippen LogP contribution in [0, 0.1) is 0 Å². The molecule has 274 valence electrons. The van der Waals surface area contributed by atoms with Gasteiger partial charge >= 0.3 is 0 Å². The lowest BCUT2D eigenvalue weighted by Crippen LogP contribution is -2.25. The first kappa shape index (κ1) is 32.8. The fourth-order valence-electron chi connectivity index (χ4n) is 10.1. The van der Waals surface area contributed by atoms with Gasteiger partial charge in [0.1, 0.15) is 0 Å². The first-order valence-corrected chi connectivity index (χ1v) is 20.1. The van der Waals surface area contributed by atoms with Crippen LogP contribution < -0.4 is 14.4 Å². The van der Waals surface area contributed by atoms with Crippen molar-refractivity contribution in [3.8, 4) is 45.3 Å². The van der Waals surface area contributed by atoms with E-state index in [-0.39, 0.29) is 11.8 Å². The summed E-state index contributed by atoms with van der Waals surface area (Å²) in [6.07, 6.45) is 8.97. The molecule has 0 bridgehead atoms. The van der Waals surface area contributed by atoms with Gasteiger partial charge in [0.2, 0.25) is 0 Å². The number of anilines is 3. The summed E-state index contributed by atoms with van der Waals surface area (Å²) in [5.41, 5.74) is 15.2. The molecule has 1 aliphatic heterocycles. The van der Waals surface area contributed by atoms with E-state index in [1.807, 2.05) is 6.07 Å². The van der Waals surface area contributed by atoms with Gasteiger partial charge < -0.3 is 14.4 Å². The molecule has 58 heavy (non-hydrogen) atoms. The lowest BCUT2D eigenvalue weighted by molar-refractivity contribution is 0.360. The number of allylic oxidation sites excluding steroid dienone is 4. The van der Waals surface area contributed by atoms with E-state index in [4.69, 9.17) is 9.47 Å². The van der Waals surface area contributed by atoms with Crippen molar-refractivity contribution in [1.29, 1.82) is 0 Å². The zero-order valence-electron chi connectivity index (χ0n) is 31.6. The van der Waals surface area contributed by atoms with Crippen LogP contribution in [0.5, 0.6) is 23.0 Å². The zero-order valence-corrected chi connectivity index (χ0v) is 31.6. The lowest BCUT2D eigenvalue weighted by Gasteiger charge is -2.31. The van der Waals surface area contributed by atoms with Gasteiger partial charge in [-0.1, -0.05) is 164 Å². The van der Waals surface area contributed by atoms with Crippen molar-refractivity contribution in [2.24, 2.45) is 0 Å². The Hall–Kier alpha value is -7.36. The molecule has 0 amide bonds. The van der Waals surface area contributed by atoms with Crippen molar-refractivity contribution >= 4 is 17.1 Å². The second-order valence-electron chi connectivity index (χ2n) is 15.5. The maximum absolute atomic E-state index is 7.11. The molecule has 8 aromatic carbocycles. The molecular formula is C55H37NO2. The van der Waals surface area contributed by atoms with Gasteiger partial charge in [-0.15, -0.1) is 0 Å². The highest BCUT2D eigenvalue weighted by atomic mass is 16.6. The van der Waals surface area contributed by atoms with Crippen LogP contribution in [0.3, 0.4) is 0 Å². The van der Waals surface area contributed by atoms with Crippen molar-refractivity contribution in [1.82, 2.24) is 0 Å². The van der Waals surface area contributed by atoms with E-state index >= 15 is 0 Å². The molecule has 4 aliphatic rings. The van der Waals surface area contributed by atoms with E-state index in [1.54, 1.807) is 0 Å². The van der Waals surface area contributed by atoms with E-state index in [0.717, 1.165) is 34.1 Å². The van der Waals surface area contributed by atoms with Crippen LogP contribution in [0.1, 0.15) is 45.2 Å². The molecule has 0 saturated carbocycles. The minimum Gasteiger partial charge on any atom is -0.449 e. The Balaban J connectivity index is 0.954. The number of hydrogen-bond donors (Lipinski definition) is 0. The topological polar surface area (TPSA) is 21.7 Å². The van der Waals surface area contributed by atoms with E-state index in [1.165, 1.54) is 50.1 Å². The van der Waals surface area contributed by atoms with Gasteiger partial charge in [-0.2, -0.15) is 0 Å². The zero-order chi connectivity index (χ0) is 38.2. The Bertz CT molecular complexity index is 2920. The van der Waals surface area contributed by atoms with Crippen molar-refractivity contribution in [2.75, 3.05) is 4.90 Å². The molecular weight excluding hydrogens is 707 g/mol. The van der Waals surface area contributed by atoms with Crippen LogP contribution in [0.25, 0.3) is 22.3 Å². The summed E-state index contributed by atoms with van der Waals surface area (Å²) < 4.78 is 13.8. The van der Waals surface area contributed by atoms with Crippen LogP contribution >= 0.6 is 0 Å². The van der Waals surface area contributed by atoms with Gasteiger partial charge in [0.15, 0.2) is 23.0 Å². The Morgan fingerprint density at radius 1 is 0.379 bits per heavy atom. The number of hydrogen-bond acceptors (Lipinski definition) is 3. The molecule has 12 rings (SSSR count). The van der Waals surface area contributed by atoms with E-state index in [9.17, 15) is 0 Å². The molecule has 2 unspecified atom stereocenters. The van der Waals surface area contributed by atoms with Gasteiger partial charge in [-0.25, -0.2) is 0 Å². The molecule has 2 atom stereocenters. The number of para-hydroxylation sites is 1. The average Bonchev–Trinajstić information content (AvgIpc) is 3.77. The Labute approximate surface area is 338 Å². The number of rotatable bonds is 5. The normalized spacial score (nSPS) is 16.9. The molecule has 1 heterocycles. The quantitative estimate of drug-likeness (QED) is 0.175. The molecule has 0 saturated heterocycles. The van der Waals surface area contributed by atoms with Crippen LogP contribution in [0.15, 0.2) is 212 Å². The molecule has 8 aromatic rings. The monoisotopic (exact) mass is 743 g/mol. The second kappa shape index (κ2) is 12.8. The van der Waals surface area contributed by atoms with Gasteiger partial charge in [0, 0.05) is 34.8 Å². The molecule has 0 radical (unpaired) electrons. The average molecular weight is 744 g/mol. The van der Waals surface area contributed by atoms with Crippen molar-refractivity contribution in [2.45, 2.75) is 17.3 Å². The van der Waals surface area contributed by atoms with Crippen LogP contribution in [-0.2, 0) is 5.41 Å². The van der Waals surface area contributed by atoms with Crippen LogP contribution in [0.4, 0.5) is 17.1 Å². The van der Waals surface area contributed by atoms with Crippen LogP contribution in [-0.4, -0.2) is 0 Å². The Kier molecular flexibility index (Phi) is 7.27. The summed E-state index contributed by atoms with van der Waals surface area (Å²) in [5, 5.41) is 0. The SMILES string of the molecule is C1=CC(c2ccccc2)C(c2ccc(N(c3ccccc3)c3ccc4c(c3)Oc3c(ccc5c3-c3ccccc3C53c5ccccc5-c5ccccc53)O4)cc2)C=C1. The molecule has 3 heteroatoms. The predicted molar refractivity (Wildman–Crippen MR) is 234 cm³/mol. The Morgan fingerprint density at radius 2 is 0.897 bits per heavy atom. The maximum Gasteiger partial charge on any atom is 0.178 e. The maximum atomic E-state index is 7.11. The number of benzene rings is 8. The highest BCUT2D eigenvalue weighted by Crippen LogP contribution is 2.66. The summed E-state index contributed by atoms with van der Waals surface area (Å²) in [6, 6.07) is 67.6. The van der Waals surface area contributed by atoms with Crippen molar-refractivity contribution < 1.29 is 9.47 Å². The smallest absolute Gasteiger partial charge is 0.178 e. The van der Waals surface area contributed by atoms with E-state index in [0.29, 0.717) is 11.5 Å². The fraction of sp³-hybridized carbons (Fsp3) is 0.0545. The van der Waals surface area contributed by atoms with Crippen molar-refractivity contribution in [3.05, 3.63) is 246 Å². The second-order valence-corrected chi connectivity index (χ2v) is 15.5. The van der Waals surface area contributed by atoms with Crippen LogP contribution in [0.2, 0.25) is 0 Å². The third-order valence-electron chi connectivity index (χ3n) is 12.6. The molecule has 0 aromatic heterocycles. The standard InChI is InChI=1S/C55H37NO2/c1-3-15-36(16-4-1)41-19-7-8-20-42(41)37-27-29-39(30-28-37)56(38-17-5-2-6-18-38)40-31-33-50-52(35-40)58-54-51(57-50)34-32-49-53(54)45-23-11-14-26-48(45)55(49)46-24-12-9-21-43(46)44-22-10-13-25-47(44)55/h1-35,41-42H. The number of fused-ring (bicyclic) bond motifs is 13. The van der Waals surface area contributed by atoms with Gasteiger partial charge in [-0.3, -0.25) is 0 Å². The lowest BCUT2D eigenvalue weighted by atomic mass is 9.70. The van der Waals surface area contributed by atoms with E-state index in [2.05, 4.69) is 211 Å². The number of ether oxygens (including phenoxy) is 2. The summed E-state index contributed by atoms with van der Waals surface area (Å²) in [6.45, 7) is 0. The minimum atomic E-state index is -0.458. The first-order chi connectivity index (χ1) is 28.8. The highest BCUT2D eigenvalue weighted by Gasteiger charge is 2.53. The number of nitrogens with zero attached hydrogens (tertiary/aromatic N) is 1. The van der Waals surface area contributed by atoms with Crippen molar-refractivity contribution in [3.63, 3.8) is 0 Å². The minimum absolute atomic E-state index is 0.248. The van der Waals surface area contributed by atoms with Gasteiger partial charge in [-0.05, 0) is 92.5 Å². The van der Waals surface area contributed by atoms with E-state index < -0.39 is 5.41 Å². The molecule has 0 N–H and O–H groups in total. The summed E-state index contributed by atoms with van der Waals surface area (Å²) >= 11 is 0. The summed E-state index contributed by atoms with van der Waals surface area (Å²) in [5.74, 6) is 3.39. The molecule has 3 aliphatic carbocycles. The largest absolute Gasteiger partial charge is 0.449 e.